The minimum absolute atomic E-state index is 0.143. The molecule has 0 spiro atoms. The first-order valence-corrected chi connectivity index (χ1v) is 9.66. The molecule has 2 aliphatic rings. The maximum absolute atomic E-state index is 5.74. The molecular weight excluding hydrogens is 322 g/mol. The second kappa shape index (κ2) is 6.57. The number of nitrogens with one attached hydrogen (secondary N) is 1. The number of hydrogen-bond donors (Lipinski definition) is 1. The first kappa shape index (κ1) is 15.1. The third-order valence-corrected chi connectivity index (χ3v) is 6.21. The SMILES string of the molecule is S=C1N[C@@H](c2ccccn2)[C@@H](c2cccs2)N1C1CCCCC1. The Hall–Kier alpha value is -1.46. The summed E-state index contributed by atoms with van der Waals surface area (Å²) >= 11 is 7.56. The van der Waals surface area contributed by atoms with E-state index in [1.807, 2.05) is 23.6 Å². The summed E-state index contributed by atoms with van der Waals surface area (Å²) in [5, 5.41) is 6.61. The van der Waals surface area contributed by atoms with E-state index in [1.54, 1.807) is 0 Å². The van der Waals surface area contributed by atoms with Crippen LogP contribution in [-0.2, 0) is 0 Å². The lowest BCUT2D eigenvalue weighted by Crippen LogP contribution is -2.40. The normalized spacial score (nSPS) is 25.6. The highest BCUT2D eigenvalue weighted by Gasteiger charge is 2.43. The monoisotopic (exact) mass is 343 g/mol. The van der Waals surface area contributed by atoms with E-state index in [9.17, 15) is 0 Å². The summed E-state index contributed by atoms with van der Waals surface area (Å²) in [6, 6.07) is 11.5. The number of nitrogens with zero attached hydrogens (tertiary/aromatic N) is 2. The Morgan fingerprint density at radius 2 is 2.00 bits per heavy atom. The lowest BCUT2D eigenvalue weighted by Gasteiger charge is -2.36. The Balaban J connectivity index is 1.71. The molecule has 2 atom stereocenters. The van der Waals surface area contributed by atoms with E-state index < -0.39 is 0 Å². The van der Waals surface area contributed by atoms with Crippen molar-refractivity contribution < 1.29 is 0 Å². The van der Waals surface area contributed by atoms with E-state index in [-0.39, 0.29) is 12.1 Å². The fraction of sp³-hybridized carbons (Fsp3) is 0.444. The van der Waals surface area contributed by atoms with E-state index in [2.05, 4.69) is 44.8 Å². The summed E-state index contributed by atoms with van der Waals surface area (Å²) in [5.41, 5.74) is 1.08. The van der Waals surface area contributed by atoms with Crippen LogP contribution in [0.25, 0.3) is 0 Å². The van der Waals surface area contributed by atoms with Crippen molar-refractivity contribution in [3.63, 3.8) is 0 Å². The van der Waals surface area contributed by atoms with E-state index in [0.29, 0.717) is 6.04 Å². The van der Waals surface area contributed by atoms with Crippen LogP contribution >= 0.6 is 23.6 Å². The largest absolute Gasteiger partial charge is 0.352 e. The standard InChI is InChI=1S/C18H21N3S2/c22-18-20-16(14-9-4-5-11-19-14)17(15-10-6-12-23-15)21(18)13-7-2-1-3-8-13/h4-6,9-13,16-17H,1-3,7-8H2,(H,20,22)/t16-,17+/m0/s1. The molecule has 2 fully saturated rings. The molecule has 3 heterocycles. The molecule has 3 nitrogen and oxygen atoms in total. The minimum Gasteiger partial charge on any atom is -0.352 e. The van der Waals surface area contributed by atoms with Crippen LogP contribution in [0.4, 0.5) is 0 Å². The molecule has 2 aromatic rings. The number of rotatable bonds is 3. The Labute approximate surface area is 146 Å². The van der Waals surface area contributed by atoms with Crippen LogP contribution in [0.15, 0.2) is 41.9 Å². The number of hydrogen-bond acceptors (Lipinski definition) is 3. The summed E-state index contributed by atoms with van der Waals surface area (Å²) in [7, 11) is 0. The average molecular weight is 344 g/mol. The van der Waals surface area contributed by atoms with Crippen molar-refractivity contribution >= 4 is 28.7 Å². The summed E-state index contributed by atoms with van der Waals surface area (Å²) in [6.45, 7) is 0. The summed E-state index contributed by atoms with van der Waals surface area (Å²) < 4.78 is 0. The molecule has 1 saturated carbocycles. The molecule has 1 aliphatic heterocycles. The van der Waals surface area contributed by atoms with E-state index >= 15 is 0 Å². The second-order valence-electron chi connectivity index (χ2n) is 6.34. The molecule has 120 valence electrons. The van der Waals surface area contributed by atoms with Gasteiger partial charge in [0.05, 0.1) is 17.8 Å². The van der Waals surface area contributed by atoms with Crippen LogP contribution in [0, 0.1) is 0 Å². The van der Waals surface area contributed by atoms with Crippen LogP contribution in [0.5, 0.6) is 0 Å². The van der Waals surface area contributed by atoms with Crippen LogP contribution in [0.3, 0.4) is 0 Å². The fourth-order valence-corrected chi connectivity index (χ4v) is 5.13. The molecule has 23 heavy (non-hydrogen) atoms. The number of thiophene rings is 1. The molecule has 1 saturated heterocycles. The maximum Gasteiger partial charge on any atom is 0.170 e. The minimum atomic E-state index is 0.143. The zero-order valence-corrected chi connectivity index (χ0v) is 14.7. The van der Waals surface area contributed by atoms with Crippen molar-refractivity contribution in [2.45, 2.75) is 50.2 Å². The molecule has 0 bridgehead atoms. The fourth-order valence-electron chi connectivity index (χ4n) is 3.88. The Morgan fingerprint density at radius 1 is 1.13 bits per heavy atom. The average Bonchev–Trinajstić information content (AvgIpc) is 3.24. The summed E-state index contributed by atoms with van der Waals surface area (Å²) in [5.74, 6) is 0. The Kier molecular flexibility index (Phi) is 4.31. The zero-order chi connectivity index (χ0) is 15.6. The Morgan fingerprint density at radius 3 is 2.70 bits per heavy atom. The van der Waals surface area contributed by atoms with Gasteiger partial charge in [-0.3, -0.25) is 4.98 Å². The van der Waals surface area contributed by atoms with Gasteiger partial charge in [0.1, 0.15) is 0 Å². The van der Waals surface area contributed by atoms with Crippen molar-refractivity contribution in [2.75, 3.05) is 0 Å². The van der Waals surface area contributed by atoms with Gasteiger partial charge in [-0.05, 0) is 48.6 Å². The Bertz CT molecular complexity index is 650. The molecule has 5 heteroatoms. The molecule has 0 unspecified atom stereocenters. The zero-order valence-electron chi connectivity index (χ0n) is 13.0. The topological polar surface area (TPSA) is 28.2 Å². The van der Waals surface area contributed by atoms with Crippen molar-refractivity contribution in [3.8, 4) is 0 Å². The van der Waals surface area contributed by atoms with Gasteiger partial charge in [0.15, 0.2) is 5.11 Å². The van der Waals surface area contributed by atoms with E-state index in [4.69, 9.17) is 12.2 Å². The number of pyridine rings is 1. The van der Waals surface area contributed by atoms with Crippen LogP contribution < -0.4 is 5.32 Å². The van der Waals surface area contributed by atoms with Crippen molar-refractivity contribution in [3.05, 3.63) is 52.5 Å². The van der Waals surface area contributed by atoms with Gasteiger partial charge >= 0.3 is 0 Å². The van der Waals surface area contributed by atoms with Gasteiger partial charge in [0.2, 0.25) is 0 Å². The second-order valence-corrected chi connectivity index (χ2v) is 7.71. The maximum atomic E-state index is 5.74. The summed E-state index contributed by atoms with van der Waals surface area (Å²) in [6.07, 6.45) is 8.36. The van der Waals surface area contributed by atoms with Crippen LogP contribution in [0.1, 0.15) is 54.8 Å². The van der Waals surface area contributed by atoms with Gasteiger partial charge in [0, 0.05) is 17.1 Å². The molecule has 4 rings (SSSR count). The molecule has 0 aromatic carbocycles. The quantitative estimate of drug-likeness (QED) is 0.834. The number of aromatic nitrogens is 1. The van der Waals surface area contributed by atoms with Crippen LogP contribution in [-0.4, -0.2) is 21.0 Å². The molecule has 1 N–H and O–H groups in total. The molecular formula is C18H21N3S2. The third kappa shape index (κ3) is 2.88. The lowest BCUT2D eigenvalue weighted by atomic mass is 9.92. The molecule has 0 radical (unpaired) electrons. The first-order chi connectivity index (χ1) is 11.3. The van der Waals surface area contributed by atoms with Gasteiger partial charge in [0.25, 0.3) is 0 Å². The van der Waals surface area contributed by atoms with Gasteiger partial charge in [-0.15, -0.1) is 11.3 Å². The predicted octanol–water partition coefficient (Wildman–Crippen LogP) is 4.45. The molecule has 0 amide bonds. The van der Waals surface area contributed by atoms with Crippen molar-refractivity contribution in [1.29, 1.82) is 0 Å². The third-order valence-electron chi connectivity index (χ3n) is 4.94. The van der Waals surface area contributed by atoms with Gasteiger partial charge in [-0.25, -0.2) is 0 Å². The van der Waals surface area contributed by atoms with Crippen molar-refractivity contribution in [2.24, 2.45) is 0 Å². The van der Waals surface area contributed by atoms with E-state index in [0.717, 1.165) is 10.8 Å². The van der Waals surface area contributed by atoms with Crippen molar-refractivity contribution in [1.82, 2.24) is 15.2 Å². The first-order valence-electron chi connectivity index (χ1n) is 8.38. The lowest BCUT2D eigenvalue weighted by molar-refractivity contribution is 0.199. The smallest absolute Gasteiger partial charge is 0.170 e. The highest BCUT2D eigenvalue weighted by Crippen LogP contribution is 2.43. The highest BCUT2D eigenvalue weighted by atomic mass is 32.1. The van der Waals surface area contributed by atoms with Gasteiger partial charge < -0.3 is 10.2 Å². The highest BCUT2D eigenvalue weighted by molar-refractivity contribution is 7.80. The van der Waals surface area contributed by atoms with E-state index in [1.165, 1.54) is 37.0 Å². The van der Waals surface area contributed by atoms with Gasteiger partial charge in [-0.2, -0.15) is 0 Å². The number of thiocarbonyl (C=S) groups is 1. The molecule has 1 aliphatic carbocycles. The van der Waals surface area contributed by atoms with Gasteiger partial charge in [-0.1, -0.05) is 31.4 Å². The predicted molar refractivity (Wildman–Crippen MR) is 98.5 cm³/mol. The molecule has 2 aromatic heterocycles. The summed E-state index contributed by atoms with van der Waals surface area (Å²) in [4.78, 5) is 8.44. The van der Waals surface area contributed by atoms with Crippen LogP contribution in [0.2, 0.25) is 0 Å².